The van der Waals surface area contributed by atoms with Gasteiger partial charge >= 0.3 is 0 Å². The van der Waals surface area contributed by atoms with Crippen LogP contribution in [0.4, 0.5) is 0 Å². The SMILES string of the molecule is CC(=O)/C=C/CCC/C=C/C(C)=O. The normalized spacial score (nSPS) is 11.2. The second-order valence-electron chi connectivity index (χ2n) is 2.96. The summed E-state index contributed by atoms with van der Waals surface area (Å²) in [6.45, 7) is 3.07. The van der Waals surface area contributed by atoms with E-state index in [2.05, 4.69) is 0 Å². The molecule has 0 fully saturated rings. The Hall–Kier alpha value is -1.18. The van der Waals surface area contributed by atoms with Crippen molar-refractivity contribution < 1.29 is 9.59 Å². The van der Waals surface area contributed by atoms with Crippen LogP contribution in [0.1, 0.15) is 33.1 Å². The maximum absolute atomic E-state index is 10.5. The van der Waals surface area contributed by atoms with E-state index in [0.717, 1.165) is 19.3 Å². The van der Waals surface area contributed by atoms with E-state index in [4.69, 9.17) is 0 Å². The van der Waals surface area contributed by atoms with Crippen LogP contribution in [0.25, 0.3) is 0 Å². The smallest absolute Gasteiger partial charge is 0.152 e. The van der Waals surface area contributed by atoms with Crippen LogP contribution >= 0.6 is 0 Å². The van der Waals surface area contributed by atoms with Gasteiger partial charge in [-0.1, -0.05) is 12.2 Å². The molecule has 0 saturated heterocycles. The Morgan fingerprint density at radius 2 is 1.31 bits per heavy atom. The molecule has 2 nitrogen and oxygen atoms in total. The van der Waals surface area contributed by atoms with Crippen molar-refractivity contribution in [2.24, 2.45) is 0 Å². The molecule has 0 atom stereocenters. The summed E-state index contributed by atoms with van der Waals surface area (Å²) in [7, 11) is 0. The average Bonchev–Trinajstić information content (AvgIpc) is 2.01. The molecule has 0 unspecified atom stereocenters. The summed E-state index contributed by atoms with van der Waals surface area (Å²) in [5.41, 5.74) is 0. The van der Waals surface area contributed by atoms with Crippen LogP contribution in [0, 0.1) is 0 Å². The molecule has 0 heterocycles. The molecule has 0 amide bonds. The van der Waals surface area contributed by atoms with Gasteiger partial charge in [0, 0.05) is 0 Å². The van der Waals surface area contributed by atoms with Crippen LogP contribution in [0.15, 0.2) is 24.3 Å². The van der Waals surface area contributed by atoms with Crippen molar-refractivity contribution in [3.05, 3.63) is 24.3 Å². The molecule has 0 N–H and O–H groups in total. The number of rotatable bonds is 6. The minimum absolute atomic E-state index is 0.0827. The predicted octanol–water partition coefficient (Wildman–Crippen LogP) is 2.45. The Kier molecular flexibility index (Phi) is 6.79. The molecule has 0 spiro atoms. The molecule has 0 aromatic heterocycles. The monoisotopic (exact) mass is 180 g/mol. The molecule has 0 aliphatic carbocycles. The number of hydrogen-bond donors (Lipinski definition) is 0. The summed E-state index contributed by atoms with van der Waals surface area (Å²) in [6.07, 6.45) is 9.65. The Morgan fingerprint density at radius 3 is 1.62 bits per heavy atom. The lowest BCUT2D eigenvalue weighted by Gasteiger charge is -1.88. The van der Waals surface area contributed by atoms with Crippen LogP contribution in [0.3, 0.4) is 0 Å². The Balaban J connectivity index is 3.36. The molecule has 0 saturated carbocycles. The summed E-state index contributed by atoms with van der Waals surface area (Å²) < 4.78 is 0. The minimum Gasteiger partial charge on any atom is -0.295 e. The molecule has 13 heavy (non-hydrogen) atoms. The van der Waals surface area contributed by atoms with Gasteiger partial charge in [-0.05, 0) is 45.3 Å². The molecule has 0 bridgehead atoms. The summed E-state index contributed by atoms with van der Waals surface area (Å²) in [5.74, 6) is 0.165. The predicted molar refractivity (Wildman–Crippen MR) is 53.5 cm³/mol. The maximum Gasteiger partial charge on any atom is 0.152 e. The van der Waals surface area contributed by atoms with E-state index in [0.29, 0.717) is 0 Å². The van der Waals surface area contributed by atoms with Gasteiger partial charge < -0.3 is 0 Å². The number of carbonyl (C=O) groups excluding carboxylic acids is 2. The van der Waals surface area contributed by atoms with Crippen molar-refractivity contribution in [1.29, 1.82) is 0 Å². The standard InChI is InChI=1S/C11H16O2/c1-10(12)8-6-4-3-5-7-9-11(2)13/h6-9H,3-5H2,1-2H3/b8-6+,9-7+. The Labute approximate surface area is 79.3 Å². The van der Waals surface area contributed by atoms with E-state index in [1.807, 2.05) is 12.2 Å². The second-order valence-corrected chi connectivity index (χ2v) is 2.96. The number of ketones is 2. The fraction of sp³-hybridized carbons (Fsp3) is 0.455. The zero-order chi connectivity index (χ0) is 10.1. The number of hydrogen-bond acceptors (Lipinski definition) is 2. The first-order valence-electron chi connectivity index (χ1n) is 4.47. The third-order valence-corrected chi connectivity index (χ3v) is 1.45. The van der Waals surface area contributed by atoms with Gasteiger partial charge in [-0.15, -0.1) is 0 Å². The van der Waals surface area contributed by atoms with Crippen molar-refractivity contribution >= 4 is 11.6 Å². The van der Waals surface area contributed by atoms with E-state index in [1.165, 1.54) is 13.8 Å². The molecule has 0 aliphatic heterocycles. The van der Waals surface area contributed by atoms with Crippen molar-refractivity contribution in [3.63, 3.8) is 0 Å². The van der Waals surface area contributed by atoms with E-state index in [9.17, 15) is 9.59 Å². The lowest BCUT2D eigenvalue weighted by Crippen LogP contribution is -1.81. The van der Waals surface area contributed by atoms with Gasteiger partial charge in [0.1, 0.15) is 0 Å². The molecule has 0 aliphatic rings. The first-order chi connectivity index (χ1) is 6.13. The van der Waals surface area contributed by atoms with Crippen LogP contribution in [0.2, 0.25) is 0 Å². The quantitative estimate of drug-likeness (QED) is 0.464. The van der Waals surface area contributed by atoms with Crippen molar-refractivity contribution in [3.8, 4) is 0 Å². The van der Waals surface area contributed by atoms with Crippen LogP contribution < -0.4 is 0 Å². The molecule has 2 heteroatoms. The van der Waals surface area contributed by atoms with Gasteiger partial charge in [0.2, 0.25) is 0 Å². The molecule has 72 valence electrons. The lowest BCUT2D eigenvalue weighted by molar-refractivity contribution is -0.113. The van der Waals surface area contributed by atoms with Crippen molar-refractivity contribution in [2.75, 3.05) is 0 Å². The minimum atomic E-state index is 0.0827. The lowest BCUT2D eigenvalue weighted by atomic mass is 10.2. The highest BCUT2D eigenvalue weighted by atomic mass is 16.1. The van der Waals surface area contributed by atoms with Crippen LogP contribution in [-0.2, 0) is 9.59 Å². The first-order valence-corrected chi connectivity index (χ1v) is 4.47. The van der Waals surface area contributed by atoms with Gasteiger partial charge in [-0.25, -0.2) is 0 Å². The van der Waals surface area contributed by atoms with E-state index < -0.39 is 0 Å². The molecule has 0 rings (SSSR count). The molecular formula is C11H16O2. The zero-order valence-corrected chi connectivity index (χ0v) is 8.25. The summed E-state index contributed by atoms with van der Waals surface area (Å²) in [5, 5.41) is 0. The van der Waals surface area contributed by atoms with Gasteiger partial charge in [0.15, 0.2) is 11.6 Å². The summed E-state index contributed by atoms with van der Waals surface area (Å²) in [6, 6.07) is 0. The summed E-state index contributed by atoms with van der Waals surface area (Å²) >= 11 is 0. The van der Waals surface area contributed by atoms with Gasteiger partial charge in [0.05, 0.1) is 0 Å². The van der Waals surface area contributed by atoms with Crippen LogP contribution in [0.5, 0.6) is 0 Å². The van der Waals surface area contributed by atoms with Gasteiger partial charge in [-0.2, -0.15) is 0 Å². The fourth-order valence-electron chi connectivity index (χ4n) is 0.852. The highest BCUT2D eigenvalue weighted by Gasteiger charge is 1.84. The third kappa shape index (κ3) is 10.8. The van der Waals surface area contributed by atoms with E-state index in [1.54, 1.807) is 12.2 Å². The van der Waals surface area contributed by atoms with Gasteiger partial charge in [0.25, 0.3) is 0 Å². The molecular weight excluding hydrogens is 164 g/mol. The zero-order valence-electron chi connectivity index (χ0n) is 8.25. The Morgan fingerprint density at radius 1 is 0.923 bits per heavy atom. The maximum atomic E-state index is 10.5. The molecule has 0 aromatic carbocycles. The third-order valence-electron chi connectivity index (χ3n) is 1.45. The average molecular weight is 180 g/mol. The van der Waals surface area contributed by atoms with Crippen molar-refractivity contribution in [1.82, 2.24) is 0 Å². The Bertz CT molecular complexity index is 200. The first kappa shape index (κ1) is 11.8. The van der Waals surface area contributed by atoms with Crippen LogP contribution in [-0.4, -0.2) is 11.6 Å². The van der Waals surface area contributed by atoms with Crippen molar-refractivity contribution in [2.45, 2.75) is 33.1 Å². The topological polar surface area (TPSA) is 34.1 Å². The van der Waals surface area contributed by atoms with Gasteiger partial charge in [-0.3, -0.25) is 9.59 Å². The van der Waals surface area contributed by atoms with E-state index in [-0.39, 0.29) is 11.6 Å². The van der Waals surface area contributed by atoms with E-state index >= 15 is 0 Å². The number of unbranched alkanes of at least 4 members (excludes halogenated alkanes) is 2. The number of carbonyl (C=O) groups is 2. The summed E-state index contributed by atoms with van der Waals surface area (Å²) in [4.78, 5) is 21.0. The molecule has 0 aromatic rings. The fourth-order valence-corrected chi connectivity index (χ4v) is 0.852. The molecule has 0 radical (unpaired) electrons. The highest BCUT2D eigenvalue weighted by molar-refractivity contribution is 5.87. The second kappa shape index (κ2) is 7.47. The largest absolute Gasteiger partial charge is 0.295 e. The number of allylic oxidation sites excluding steroid dienone is 4. The highest BCUT2D eigenvalue weighted by Crippen LogP contribution is 1.98.